The molecule has 4 heteroatoms. The fourth-order valence-corrected chi connectivity index (χ4v) is 1.80. The number of rotatable bonds is 5. The highest BCUT2D eigenvalue weighted by Crippen LogP contribution is 2.32. The van der Waals surface area contributed by atoms with Crippen molar-refractivity contribution in [2.24, 2.45) is 5.92 Å². The van der Waals surface area contributed by atoms with E-state index >= 15 is 0 Å². The van der Waals surface area contributed by atoms with Crippen molar-refractivity contribution in [1.82, 2.24) is 4.98 Å². The third-order valence-electron chi connectivity index (χ3n) is 2.80. The van der Waals surface area contributed by atoms with Gasteiger partial charge in [0.1, 0.15) is 5.60 Å². The molecule has 2 N–H and O–H groups in total. The zero-order valence-electron chi connectivity index (χ0n) is 9.55. The molecule has 0 radical (unpaired) electrons. The predicted molar refractivity (Wildman–Crippen MR) is 59.8 cm³/mol. The third-order valence-corrected chi connectivity index (χ3v) is 2.80. The number of hydrogen-bond acceptors (Lipinski definition) is 3. The Morgan fingerprint density at radius 2 is 2.31 bits per heavy atom. The second kappa shape index (κ2) is 5.07. The lowest BCUT2D eigenvalue weighted by molar-refractivity contribution is -0.152. The fraction of sp³-hybridized carbons (Fsp3) is 0.500. The first-order valence-corrected chi connectivity index (χ1v) is 5.35. The van der Waals surface area contributed by atoms with Crippen molar-refractivity contribution in [3.63, 3.8) is 0 Å². The summed E-state index contributed by atoms with van der Waals surface area (Å²) in [6, 6.07) is 3.38. The molecular weight excluding hydrogens is 206 g/mol. The van der Waals surface area contributed by atoms with E-state index in [1.807, 2.05) is 6.92 Å². The lowest BCUT2D eigenvalue weighted by atomic mass is 9.81. The Hall–Kier alpha value is -1.42. The highest BCUT2D eigenvalue weighted by atomic mass is 16.4. The quantitative estimate of drug-likeness (QED) is 0.798. The van der Waals surface area contributed by atoms with Crippen LogP contribution >= 0.6 is 0 Å². The van der Waals surface area contributed by atoms with E-state index in [1.165, 1.54) is 13.1 Å². The summed E-state index contributed by atoms with van der Waals surface area (Å²) in [4.78, 5) is 15.0. The normalized spacial score (nSPS) is 16.4. The lowest BCUT2D eigenvalue weighted by Gasteiger charge is -2.30. The molecule has 2 unspecified atom stereocenters. The number of aromatic nitrogens is 1. The first kappa shape index (κ1) is 12.6. The fourth-order valence-electron chi connectivity index (χ4n) is 1.80. The number of nitrogens with zero attached hydrogens (tertiary/aromatic N) is 1. The average Bonchev–Trinajstić information content (AvgIpc) is 2.26. The molecule has 4 nitrogen and oxygen atoms in total. The highest BCUT2D eigenvalue weighted by Gasteiger charge is 2.38. The Balaban J connectivity index is 3.02. The van der Waals surface area contributed by atoms with Crippen LogP contribution in [-0.2, 0) is 10.4 Å². The molecule has 0 saturated heterocycles. The van der Waals surface area contributed by atoms with Gasteiger partial charge in [-0.05, 0) is 19.4 Å². The number of carbonyl (C=O) groups is 1. The van der Waals surface area contributed by atoms with Crippen molar-refractivity contribution < 1.29 is 15.0 Å². The maximum atomic E-state index is 11.1. The highest BCUT2D eigenvalue weighted by molar-refractivity contribution is 5.71. The number of aliphatic carboxylic acids is 1. The van der Waals surface area contributed by atoms with Crippen LogP contribution in [0.3, 0.4) is 0 Å². The second-order valence-electron chi connectivity index (χ2n) is 4.07. The van der Waals surface area contributed by atoms with Crippen molar-refractivity contribution in [3.8, 4) is 0 Å². The molecule has 0 aromatic carbocycles. The van der Waals surface area contributed by atoms with Crippen molar-refractivity contribution >= 4 is 5.97 Å². The SMILES string of the molecule is CCCC(C(=O)O)C(C)(O)c1cccnc1. The van der Waals surface area contributed by atoms with Gasteiger partial charge in [-0.3, -0.25) is 9.78 Å². The Morgan fingerprint density at radius 1 is 1.62 bits per heavy atom. The summed E-state index contributed by atoms with van der Waals surface area (Å²) >= 11 is 0. The minimum Gasteiger partial charge on any atom is -0.481 e. The molecule has 0 aliphatic carbocycles. The molecule has 0 aliphatic rings. The Labute approximate surface area is 95.0 Å². The van der Waals surface area contributed by atoms with Gasteiger partial charge in [-0.1, -0.05) is 19.4 Å². The summed E-state index contributed by atoms with van der Waals surface area (Å²) in [6.07, 6.45) is 4.26. The maximum absolute atomic E-state index is 11.1. The van der Waals surface area contributed by atoms with Crippen molar-refractivity contribution in [2.75, 3.05) is 0 Å². The average molecular weight is 223 g/mol. The van der Waals surface area contributed by atoms with Crippen LogP contribution in [0.25, 0.3) is 0 Å². The van der Waals surface area contributed by atoms with E-state index in [-0.39, 0.29) is 0 Å². The van der Waals surface area contributed by atoms with Gasteiger partial charge in [0.25, 0.3) is 0 Å². The molecule has 0 bridgehead atoms. The van der Waals surface area contributed by atoms with Gasteiger partial charge in [0, 0.05) is 18.0 Å². The largest absolute Gasteiger partial charge is 0.481 e. The summed E-state index contributed by atoms with van der Waals surface area (Å²) < 4.78 is 0. The standard InChI is InChI=1S/C12H17NO3/c1-3-5-10(11(14)15)12(2,16)9-6-4-7-13-8-9/h4,6-8,10,16H,3,5H2,1-2H3,(H,14,15). The summed E-state index contributed by atoms with van der Waals surface area (Å²) in [5.41, 5.74) is -0.841. The van der Waals surface area contributed by atoms with Gasteiger partial charge in [-0.25, -0.2) is 0 Å². The summed E-state index contributed by atoms with van der Waals surface area (Å²) in [6.45, 7) is 3.42. The minimum absolute atomic E-state index is 0.442. The van der Waals surface area contributed by atoms with Crippen LogP contribution in [0, 0.1) is 5.92 Å². The number of pyridine rings is 1. The molecule has 0 amide bonds. The first-order chi connectivity index (χ1) is 7.50. The summed E-state index contributed by atoms with van der Waals surface area (Å²) in [7, 11) is 0. The van der Waals surface area contributed by atoms with E-state index in [0.717, 1.165) is 0 Å². The number of carboxylic acids is 1. The van der Waals surface area contributed by atoms with Gasteiger partial charge >= 0.3 is 5.97 Å². The molecule has 0 spiro atoms. The van der Waals surface area contributed by atoms with Gasteiger partial charge in [-0.15, -0.1) is 0 Å². The zero-order valence-corrected chi connectivity index (χ0v) is 9.55. The van der Waals surface area contributed by atoms with Crippen LogP contribution in [0.2, 0.25) is 0 Å². The van der Waals surface area contributed by atoms with E-state index in [2.05, 4.69) is 4.98 Å². The monoisotopic (exact) mass is 223 g/mol. The van der Waals surface area contributed by atoms with E-state index in [4.69, 9.17) is 5.11 Å². The van der Waals surface area contributed by atoms with Crippen LogP contribution < -0.4 is 0 Å². The van der Waals surface area contributed by atoms with Crippen LogP contribution in [0.1, 0.15) is 32.3 Å². The molecular formula is C12H17NO3. The van der Waals surface area contributed by atoms with Gasteiger partial charge in [0.2, 0.25) is 0 Å². The van der Waals surface area contributed by atoms with Crippen LogP contribution in [-0.4, -0.2) is 21.2 Å². The van der Waals surface area contributed by atoms with Crippen LogP contribution in [0.5, 0.6) is 0 Å². The Kier molecular flexibility index (Phi) is 4.01. The van der Waals surface area contributed by atoms with Crippen LogP contribution in [0.4, 0.5) is 0 Å². The van der Waals surface area contributed by atoms with E-state index in [1.54, 1.807) is 18.3 Å². The molecule has 0 aliphatic heterocycles. The molecule has 1 aromatic rings. The molecule has 0 saturated carbocycles. The predicted octanol–water partition coefficient (Wildman–Crippen LogP) is 1.79. The van der Waals surface area contributed by atoms with Gasteiger partial charge < -0.3 is 10.2 Å². The molecule has 2 atom stereocenters. The molecule has 88 valence electrons. The van der Waals surface area contributed by atoms with Crippen molar-refractivity contribution in [2.45, 2.75) is 32.3 Å². The molecule has 1 rings (SSSR count). The molecule has 16 heavy (non-hydrogen) atoms. The minimum atomic E-state index is -1.38. The lowest BCUT2D eigenvalue weighted by Crippen LogP contribution is -2.37. The van der Waals surface area contributed by atoms with Gasteiger partial charge in [0.05, 0.1) is 5.92 Å². The Bertz CT molecular complexity index is 349. The smallest absolute Gasteiger partial charge is 0.309 e. The first-order valence-electron chi connectivity index (χ1n) is 5.35. The van der Waals surface area contributed by atoms with E-state index in [0.29, 0.717) is 18.4 Å². The topological polar surface area (TPSA) is 70.4 Å². The van der Waals surface area contributed by atoms with E-state index < -0.39 is 17.5 Å². The zero-order chi connectivity index (χ0) is 12.2. The second-order valence-corrected chi connectivity index (χ2v) is 4.07. The molecule has 0 fully saturated rings. The number of aliphatic hydroxyl groups is 1. The summed E-state index contributed by atoms with van der Waals surface area (Å²) in [5, 5.41) is 19.4. The number of hydrogen-bond donors (Lipinski definition) is 2. The van der Waals surface area contributed by atoms with Gasteiger partial charge in [0.15, 0.2) is 0 Å². The maximum Gasteiger partial charge on any atom is 0.309 e. The van der Waals surface area contributed by atoms with Crippen LogP contribution in [0.15, 0.2) is 24.5 Å². The van der Waals surface area contributed by atoms with Crippen molar-refractivity contribution in [3.05, 3.63) is 30.1 Å². The Morgan fingerprint density at radius 3 is 2.75 bits per heavy atom. The van der Waals surface area contributed by atoms with Crippen molar-refractivity contribution in [1.29, 1.82) is 0 Å². The van der Waals surface area contributed by atoms with E-state index in [9.17, 15) is 9.90 Å². The third kappa shape index (κ3) is 2.58. The van der Waals surface area contributed by atoms with Gasteiger partial charge in [-0.2, -0.15) is 0 Å². The number of carboxylic acid groups (broad SMARTS) is 1. The molecule has 1 aromatic heterocycles. The summed E-state index contributed by atoms with van der Waals surface area (Å²) in [5.74, 6) is -1.78. The molecule has 1 heterocycles.